The number of ketones is 1. The van der Waals surface area contributed by atoms with E-state index in [0.717, 1.165) is 37.2 Å². The summed E-state index contributed by atoms with van der Waals surface area (Å²) in [6, 6.07) is 0. The number of Topliss-reactive ketones (excluding diaryl/α,β-unsaturated/α-hetero) is 1. The van der Waals surface area contributed by atoms with Crippen molar-refractivity contribution in [2.45, 2.75) is 126 Å². The summed E-state index contributed by atoms with van der Waals surface area (Å²) >= 11 is 0. The van der Waals surface area contributed by atoms with Crippen LogP contribution in [0.1, 0.15) is 120 Å². The average molecular weight is 475 g/mol. The van der Waals surface area contributed by atoms with Gasteiger partial charge in [0, 0.05) is 11.8 Å². The van der Waals surface area contributed by atoms with Crippen LogP contribution in [0.4, 0.5) is 0 Å². The molecule has 34 heavy (non-hydrogen) atoms. The fourth-order valence-electron chi connectivity index (χ4n) is 9.62. The molecular formula is C31H54O3. The average Bonchev–Trinajstić information content (AvgIpc) is 3.12. The lowest BCUT2D eigenvalue weighted by Crippen LogP contribution is -2.57. The summed E-state index contributed by atoms with van der Waals surface area (Å²) in [5.74, 6) is 3.10. The van der Waals surface area contributed by atoms with E-state index >= 15 is 0 Å². The molecule has 0 radical (unpaired) electrons. The van der Waals surface area contributed by atoms with Gasteiger partial charge in [-0.05, 0) is 104 Å². The molecule has 196 valence electrons. The van der Waals surface area contributed by atoms with Gasteiger partial charge in [-0.2, -0.15) is 0 Å². The fraction of sp³-hybridized carbons (Fsp3) is 0.903. The Balaban J connectivity index is 0.00000158. The van der Waals surface area contributed by atoms with E-state index in [4.69, 9.17) is 0 Å². The van der Waals surface area contributed by atoms with Crippen LogP contribution >= 0.6 is 0 Å². The minimum Gasteiger partial charge on any atom is -0.395 e. The van der Waals surface area contributed by atoms with Gasteiger partial charge in [0.15, 0.2) is 5.78 Å². The van der Waals surface area contributed by atoms with Crippen molar-refractivity contribution >= 4 is 5.78 Å². The third-order valence-corrected chi connectivity index (χ3v) is 11.1. The Bertz CT molecular complexity index is 767. The van der Waals surface area contributed by atoms with E-state index < -0.39 is 0 Å². The number of aliphatic hydroxyl groups is 2. The van der Waals surface area contributed by atoms with Gasteiger partial charge >= 0.3 is 0 Å². The van der Waals surface area contributed by atoms with Crippen LogP contribution in [0.5, 0.6) is 0 Å². The van der Waals surface area contributed by atoms with Crippen LogP contribution in [0.25, 0.3) is 0 Å². The molecule has 3 saturated carbocycles. The first kappa shape index (κ1) is 27.9. The molecule has 3 heteroatoms. The molecule has 0 aromatic heterocycles. The molecule has 3 fully saturated rings. The first-order valence-corrected chi connectivity index (χ1v) is 14.6. The van der Waals surface area contributed by atoms with Gasteiger partial charge in [0.25, 0.3) is 0 Å². The SMILES string of the molecule is CC.CCC1CCC2(C)C3CCC4(CO)CC(=O)C(C(C)C)=C4C3CCC2C1(C)CCC(C)O. The summed E-state index contributed by atoms with van der Waals surface area (Å²) in [6.07, 6.45) is 10.7. The molecule has 0 bridgehead atoms. The van der Waals surface area contributed by atoms with E-state index in [1.807, 2.05) is 20.8 Å². The van der Waals surface area contributed by atoms with Crippen LogP contribution in [0.15, 0.2) is 11.1 Å². The minimum absolute atomic E-state index is 0.137. The van der Waals surface area contributed by atoms with Gasteiger partial charge in [0.2, 0.25) is 0 Å². The van der Waals surface area contributed by atoms with E-state index in [1.54, 1.807) is 0 Å². The maximum atomic E-state index is 13.1. The second kappa shape index (κ2) is 10.4. The Kier molecular flexibility index (Phi) is 8.51. The van der Waals surface area contributed by atoms with Crippen LogP contribution < -0.4 is 0 Å². The lowest BCUT2D eigenvalue weighted by atomic mass is 9.40. The van der Waals surface area contributed by atoms with Gasteiger partial charge in [-0.3, -0.25) is 4.79 Å². The summed E-state index contributed by atoms with van der Waals surface area (Å²) in [6.45, 7) is 17.9. The zero-order chi connectivity index (χ0) is 25.5. The number of carbonyl (C=O) groups excluding carboxylic acids is 1. The van der Waals surface area contributed by atoms with Crippen LogP contribution in [-0.2, 0) is 4.79 Å². The Morgan fingerprint density at radius 1 is 1.03 bits per heavy atom. The molecule has 4 aliphatic rings. The van der Waals surface area contributed by atoms with E-state index in [-0.39, 0.29) is 29.5 Å². The van der Waals surface area contributed by atoms with E-state index in [9.17, 15) is 15.0 Å². The molecule has 0 aromatic carbocycles. The van der Waals surface area contributed by atoms with Crippen LogP contribution in [-0.4, -0.2) is 28.7 Å². The predicted molar refractivity (Wildman–Crippen MR) is 141 cm³/mol. The predicted octanol–water partition coefficient (Wildman–Crippen LogP) is 7.35. The van der Waals surface area contributed by atoms with Crippen molar-refractivity contribution in [3.8, 4) is 0 Å². The highest BCUT2D eigenvalue weighted by atomic mass is 16.3. The minimum atomic E-state index is -0.267. The Labute approximate surface area is 210 Å². The lowest BCUT2D eigenvalue weighted by Gasteiger charge is -2.65. The number of aliphatic hydroxyl groups excluding tert-OH is 2. The van der Waals surface area contributed by atoms with Crippen molar-refractivity contribution < 1.29 is 15.0 Å². The van der Waals surface area contributed by atoms with Gasteiger partial charge in [-0.1, -0.05) is 60.5 Å². The lowest BCUT2D eigenvalue weighted by molar-refractivity contribution is -0.146. The highest BCUT2D eigenvalue weighted by molar-refractivity contribution is 6.00. The number of carbonyl (C=O) groups is 1. The molecule has 0 saturated heterocycles. The van der Waals surface area contributed by atoms with Gasteiger partial charge in [-0.25, -0.2) is 0 Å². The van der Waals surface area contributed by atoms with Gasteiger partial charge in [0.05, 0.1) is 12.7 Å². The zero-order valence-corrected chi connectivity index (χ0v) is 23.5. The smallest absolute Gasteiger partial charge is 0.160 e. The third-order valence-electron chi connectivity index (χ3n) is 11.1. The molecule has 0 aliphatic heterocycles. The molecule has 2 N–H and O–H groups in total. The Morgan fingerprint density at radius 3 is 2.26 bits per heavy atom. The molecule has 8 unspecified atom stereocenters. The van der Waals surface area contributed by atoms with Gasteiger partial charge < -0.3 is 10.2 Å². The molecule has 8 atom stereocenters. The molecule has 0 aromatic rings. The van der Waals surface area contributed by atoms with E-state index in [1.165, 1.54) is 37.7 Å². The fourth-order valence-corrected chi connectivity index (χ4v) is 9.62. The summed E-state index contributed by atoms with van der Waals surface area (Å²) in [7, 11) is 0. The summed E-state index contributed by atoms with van der Waals surface area (Å²) < 4.78 is 0. The van der Waals surface area contributed by atoms with Gasteiger partial charge in [-0.15, -0.1) is 0 Å². The second-order valence-electron chi connectivity index (χ2n) is 12.9. The molecule has 0 heterocycles. The first-order valence-electron chi connectivity index (χ1n) is 14.6. The number of rotatable bonds is 6. The first-order chi connectivity index (χ1) is 16.0. The van der Waals surface area contributed by atoms with E-state index in [0.29, 0.717) is 35.4 Å². The third kappa shape index (κ3) is 4.25. The zero-order valence-electron chi connectivity index (χ0n) is 23.5. The highest BCUT2D eigenvalue weighted by Gasteiger charge is 2.63. The van der Waals surface area contributed by atoms with Crippen LogP contribution in [0.3, 0.4) is 0 Å². The maximum absolute atomic E-state index is 13.1. The number of allylic oxidation sites excluding steroid dienone is 1. The maximum Gasteiger partial charge on any atom is 0.160 e. The van der Waals surface area contributed by atoms with Crippen molar-refractivity contribution in [1.82, 2.24) is 0 Å². The summed E-state index contributed by atoms with van der Waals surface area (Å²) in [5.41, 5.74) is 2.78. The summed E-state index contributed by atoms with van der Waals surface area (Å²) in [5, 5.41) is 20.6. The quantitative estimate of drug-likeness (QED) is 0.423. The van der Waals surface area contributed by atoms with Crippen molar-refractivity contribution in [3.05, 3.63) is 11.1 Å². The topological polar surface area (TPSA) is 57.5 Å². The highest BCUT2D eigenvalue weighted by Crippen LogP contribution is 2.70. The number of fused-ring (bicyclic) bond motifs is 5. The monoisotopic (exact) mass is 474 g/mol. The molecule has 4 aliphatic carbocycles. The molecule has 4 rings (SSSR count). The molecular weight excluding hydrogens is 420 g/mol. The molecule has 3 nitrogen and oxygen atoms in total. The van der Waals surface area contributed by atoms with Crippen molar-refractivity contribution in [2.24, 2.45) is 45.8 Å². The largest absolute Gasteiger partial charge is 0.395 e. The van der Waals surface area contributed by atoms with Crippen molar-refractivity contribution in [2.75, 3.05) is 6.61 Å². The van der Waals surface area contributed by atoms with Crippen molar-refractivity contribution in [1.29, 1.82) is 0 Å². The number of hydrogen-bond donors (Lipinski definition) is 2. The second-order valence-corrected chi connectivity index (χ2v) is 12.9. The Hall–Kier alpha value is -0.670. The number of hydrogen-bond acceptors (Lipinski definition) is 3. The Morgan fingerprint density at radius 2 is 1.71 bits per heavy atom. The normalized spacial score (nSPS) is 42.5. The molecule has 0 spiro atoms. The van der Waals surface area contributed by atoms with Gasteiger partial charge in [0.1, 0.15) is 0 Å². The summed E-state index contributed by atoms with van der Waals surface area (Å²) in [4.78, 5) is 13.1. The molecule has 0 amide bonds. The van der Waals surface area contributed by atoms with Crippen LogP contribution in [0, 0.1) is 45.8 Å². The standard InChI is InChI=1S/C29H48O3.C2H6/c1-7-20-11-14-28(6)22-12-15-29(17-30)16-23(32)25(18(2)3)26(29)21(22)8-9-24(28)27(20,5)13-10-19(4)31;1-2/h18-22,24,30-31H,7-17H2,1-6H3;1-2H3. The van der Waals surface area contributed by atoms with Crippen LogP contribution in [0.2, 0.25) is 0 Å². The van der Waals surface area contributed by atoms with Crippen molar-refractivity contribution in [3.63, 3.8) is 0 Å². The van der Waals surface area contributed by atoms with E-state index in [2.05, 4.69) is 34.6 Å².